The van der Waals surface area contributed by atoms with Gasteiger partial charge in [0.15, 0.2) is 0 Å². The minimum atomic E-state index is 0.228. The number of ether oxygens (including phenoxy) is 1. The number of rotatable bonds is 8. The summed E-state index contributed by atoms with van der Waals surface area (Å²) in [7, 11) is 0. The van der Waals surface area contributed by atoms with Gasteiger partial charge in [-0.2, -0.15) is 0 Å². The molecule has 0 amide bonds. The molecule has 0 rings (SSSR count). The zero-order chi connectivity index (χ0) is 11.9. The predicted octanol–water partition coefficient (Wildman–Crippen LogP) is 3.22. The van der Waals surface area contributed by atoms with Gasteiger partial charge in [-0.3, -0.25) is 0 Å². The Balaban J connectivity index is 3.72. The van der Waals surface area contributed by atoms with Crippen molar-refractivity contribution in [2.24, 2.45) is 5.41 Å². The van der Waals surface area contributed by atoms with Crippen molar-refractivity contribution in [1.29, 1.82) is 0 Å². The van der Waals surface area contributed by atoms with E-state index in [-0.39, 0.29) is 5.41 Å². The highest BCUT2D eigenvalue weighted by Crippen LogP contribution is 2.16. The first-order valence-electron chi connectivity index (χ1n) is 6.22. The van der Waals surface area contributed by atoms with Gasteiger partial charge in [-0.25, -0.2) is 0 Å². The van der Waals surface area contributed by atoms with E-state index in [9.17, 15) is 0 Å². The van der Waals surface area contributed by atoms with Gasteiger partial charge in [0.25, 0.3) is 0 Å². The average Bonchev–Trinajstić information content (AvgIpc) is 2.13. The highest BCUT2D eigenvalue weighted by atomic mass is 16.5. The van der Waals surface area contributed by atoms with Crippen LogP contribution in [-0.4, -0.2) is 25.3 Å². The molecule has 15 heavy (non-hydrogen) atoms. The third kappa shape index (κ3) is 8.88. The monoisotopic (exact) mass is 215 g/mol. The van der Waals surface area contributed by atoms with E-state index in [0.29, 0.717) is 12.1 Å². The zero-order valence-corrected chi connectivity index (χ0v) is 11.4. The standard InChI is InChI=1S/C13H29NO/c1-7-8-12(4)15-10-13(5,6)9-14-11(2)3/h11-12,14H,7-10H2,1-6H3. The minimum Gasteiger partial charge on any atom is -0.378 e. The maximum absolute atomic E-state index is 5.84. The SMILES string of the molecule is CCCC(C)OCC(C)(C)CNC(C)C. The van der Waals surface area contributed by atoms with E-state index < -0.39 is 0 Å². The molecule has 0 radical (unpaired) electrons. The van der Waals surface area contributed by atoms with Crippen LogP contribution in [0.25, 0.3) is 0 Å². The maximum atomic E-state index is 5.84. The lowest BCUT2D eigenvalue weighted by Crippen LogP contribution is -2.37. The molecule has 1 unspecified atom stereocenters. The van der Waals surface area contributed by atoms with E-state index in [1.165, 1.54) is 6.42 Å². The van der Waals surface area contributed by atoms with E-state index in [2.05, 4.69) is 46.9 Å². The molecule has 0 spiro atoms. The van der Waals surface area contributed by atoms with Crippen LogP contribution < -0.4 is 5.32 Å². The van der Waals surface area contributed by atoms with E-state index in [0.717, 1.165) is 19.6 Å². The summed E-state index contributed by atoms with van der Waals surface area (Å²) in [6.07, 6.45) is 2.76. The van der Waals surface area contributed by atoms with Crippen molar-refractivity contribution in [1.82, 2.24) is 5.32 Å². The van der Waals surface area contributed by atoms with Crippen LogP contribution in [0.1, 0.15) is 54.4 Å². The molecule has 2 heteroatoms. The first-order chi connectivity index (χ1) is 6.87. The Labute approximate surface area is 95.8 Å². The second-order valence-corrected chi connectivity index (χ2v) is 5.61. The Hall–Kier alpha value is -0.0800. The summed E-state index contributed by atoms with van der Waals surface area (Å²) in [4.78, 5) is 0. The van der Waals surface area contributed by atoms with Crippen molar-refractivity contribution < 1.29 is 4.74 Å². The number of hydrogen-bond acceptors (Lipinski definition) is 2. The number of nitrogens with one attached hydrogen (secondary N) is 1. The molecule has 0 aromatic heterocycles. The van der Waals surface area contributed by atoms with Crippen LogP contribution in [0.15, 0.2) is 0 Å². The molecule has 1 N–H and O–H groups in total. The highest BCUT2D eigenvalue weighted by Gasteiger charge is 2.19. The first-order valence-corrected chi connectivity index (χ1v) is 6.22. The Morgan fingerprint density at radius 2 is 1.80 bits per heavy atom. The minimum absolute atomic E-state index is 0.228. The lowest BCUT2D eigenvalue weighted by atomic mass is 9.94. The van der Waals surface area contributed by atoms with Crippen LogP contribution in [0.4, 0.5) is 0 Å². The van der Waals surface area contributed by atoms with E-state index in [1.807, 2.05) is 0 Å². The highest BCUT2D eigenvalue weighted by molar-refractivity contribution is 4.72. The third-order valence-corrected chi connectivity index (χ3v) is 2.44. The first kappa shape index (κ1) is 14.9. The van der Waals surface area contributed by atoms with Gasteiger partial charge in [0.2, 0.25) is 0 Å². The van der Waals surface area contributed by atoms with Gasteiger partial charge >= 0.3 is 0 Å². The molecule has 0 heterocycles. The average molecular weight is 215 g/mol. The summed E-state index contributed by atoms with van der Waals surface area (Å²) in [5.74, 6) is 0. The molecule has 0 aliphatic rings. The summed E-state index contributed by atoms with van der Waals surface area (Å²) in [6, 6.07) is 0.553. The molecule has 0 aliphatic heterocycles. The fraction of sp³-hybridized carbons (Fsp3) is 1.00. The third-order valence-electron chi connectivity index (χ3n) is 2.44. The van der Waals surface area contributed by atoms with Crippen molar-refractivity contribution in [2.45, 2.75) is 66.5 Å². The molecule has 0 fully saturated rings. The van der Waals surface area contributed by atoms with Crippen molar-refractivity contribution >= 4 is 0 Å². The fourth-order valence-corrected chi connectivity index (χ4v) is 1.39. The van der Waals surface area contributed by atoms with Gasteiger partial charge in [0, 0.05) is 18.0 Å². The molecule has 0 saturated carbocycles. The molecule has 0 aliphatic carbocycles. The van der Waals surface area contributed by atoms with Gasteiger partial charge in [-0.15, -0.1) is 0 Å². The zero-order valence-electron chi connectivity index (χ0n) is 11.4. The molecular formula is C13H29NO. The molecule has 1 atom stereocenters. The lowest BCUT2D eigenvalue weighted by Gasteiger charge is -2.27. The lowest BCUT2D eigenvalue weighted by molar-refractivity contribution is 0.00770. The van der Waals surface area contributed by atoms with Crippen LogP contribution in [0.5, 0.6) is 0 Å². The van der Waals surface area contributed by atoms with Gasteiger partial charge in [0.05, 0.1) is 12.7 Å². The van der Waals surface area contributed by atoms with Crippen molar-refractivity contribution in [2.75, 3.05) is 13.2 Å². The smallest absolute Gasteiger partial charge is 0.0547 e. The Bertz CT molecular complexity index is 155. The molecule has 0 aromatic rings. The largest absolute Gasteiger partial charge is 0.378 e. The Kier molecular flexibility index (Phi) is 7.20. The summed E-state index contributed by atoms with van der Waals surface area (Å²) in [5, 5.41) is 3.46. The van der Waals surface area contributed by atoms with E-state index in [4.69, 9.17) is 4.74 Å². The maximum Gasteiger partial charge on any atom is 0.0547 e. The van der Waals surface area contributed by atoms with Crippen LogP contribution >= 0.6 is 0 Å². The van der Waals surface area contributed by atoms with E-state index in [1.54, 1.807) is 0 Å². The van der Waals surface area contributed by atoms with Gasteiger partial charge in [-0.05, 0) is 13.3 Å². The summed E-state index contributed by atoms with van der Waals surface area (Å²) < 4.78 is 5.84. The number of hydrogen-bond donors (Lipinski definition) is 1. The van der Waals surface area contributed by atoms with Crippen LogP contribution in [0.3, 0.4) is 0 Å². The normalized spacial score (nSPS) is 14.6. The second-order valence-electron chi connectivity index (χ2n) is 5.61. The summed E-state index contributed by atoms with van der Waals surface area (Å²) in [5.41, 5.74) is 0.228. The molecule has 2 nitrogen and oxygen atoms in total. The van der Waals surface area contributed by atoms with Crippen molar-refractivity contribution in [3.63, 3.8) is 0 Å². The van der Waals surface area contributed by atoms with Crippen molar-refractivity contribution in [3.8, 4) is 0 Å². The summed E-state index contributed by atoms with van der Waals surface area (Å²) >= 11 is 0. The van der Waals surface area contributed by atoms with Gasteiger partial charge in [-0.1, -0.05) is 41.0 Å². The molecule has 0 aromatic carbocycles. The van der Waals surface area contributed by atoms with Crippen LogP contribution in [0, 0.1) is 5.41 Å². The van der Waals surface area contributed by atoms with Crippen LogP contribution in [-0.2, 0) is 4.74 Å². The van der Waals surface area contributed by atoms with Crippen molar-refractivity contribution in [3.05, 3.63) is 0 Å². The quantitative estimate of drug-likeness (QED) is 0.671. The summed E-state index contributed by atoms with van der Waals surface area (Å²) in [6.45, 7) is 15.1. The topological polar surface area (TPSA) is 21.3 Å². The Morgan fingerprint density at radius 1 is 1.20 bits per heavy atom. The molecule has 92 valence electrons. The second kappa shape index (κ2) is 7.24. The molecule has 0 bridgehead atoms. The molecule has 0 saturated heterocycles. The van der Waals surface area contributed by atoms with Gasteiger partial charge < -0.3 is 10.1 Å². The molecular weight excluding hydrogens is 186 g/mol. The van der Waals surface area contributed by atoms with Gasteiger partial charge in [0.1, 0.15) is 0 Å². The fourth-order valence-electron chi connectivity index (χ4n) is 1.39. The van der Waals surface area contributed by atoms with E-state index >= 15 is 0 Å². The van der Waals surface area contributed by atoms with Crippen LogP contribution in [0.2, 0.25) is 0 Å². The predicted molar refractivity (Wildman–Crippen MR) is 67.2 cm³/mol. The Morgan fingerprint density at radius 3 is 2.27 bits per heavy atom.